The molecule has 1 aliphatic rings. The van der Waals surface area contributed by atoms with E-state index in [1.165, 1.54) is 13.2 Å². The van der Waals surface area contributed by atoms with Gasteiger partial charge in [-0.3, -0.25) is 9.50 Å². The van der Waals surface area contributed by atoms with Gasteiger partial charge in [0.1, 0.15) is 28.6 Å². The number of H-pyrrole nitrogens is 1. The van der Waals surface area contributed by atoms with Crippen molar-refractivity contribution in [2.75, 3.05) is 7.11 Å². The Bertz CT molecular complexity index is 1430. The summed E-state index contributed by atoms with van der Waals surface area (Å²) in [7, 11) is 1.50. The van der Waals surface area contributed by atoms with E-state index in [9.17, 15) is 4.39 Å². The SMILES string of the molecule is COc1ccc(-c2n[nH]cc2-c2ccc3ncc(-c4noc(C5CC5)n4)n3c2)c(F)c1.Cl.Cl.Cl. The third kappa shape index (κ3) is 4.34. The summed E-state index contributed by atoms with van der Waals surface area (Å²) >= 11 is 0. The summed E-state index contributed by atoms with van der Waals surface area (Å²) < 4.78 is 27.1. The van der Waals surface area contributed by atoms with E-state index in [0.717, 1.165) is 35.3 Å². The van der Waals surface area contributed by atoms with Gasteiger partial charge in [0.05, 0.1) is 13.3 Å². The third-order valence-corrected chi connectivity index (χ3v) is 5.49. The van der Waals surface area contributed by atoms with Crippen LogP contribution in [0.15, 0.2) is 53.4 Å². The van der Waals surface area contributed by atoms with Gasteiger partial charge in [-0.2, -0.15) is 10.1 Å². The second kappa shape index (κ2) is 10.0. The minimum Gasteiger partial charge on any atom is -0.497 e. The van der Waals surface area contributed by atoms with Crippen LogP contribution in [0.5, 0.6) is 5.75 Å². The quantitative estimate of drug-likeness (QED) is 0.315. The molecule has 1 fully saturated rings. The summed E-state index contributed by atoms with van der Waals surface area (Å²) in [5, 5.41) is 11.3. The molecule has 0 saturated heterocycles. The molecule has 1 saturated carbocycles. The zero-order chi connectivity index (χ0) is 20.9. The van der Waals surface area contributed by atoms with Crippen LogP contribution in [0.4, 0.5) is 4.39 Å². The first kappa shape index (κ1) is 25.5. The van der Waals surface area contributed by atoms with Gasteiger partial charge in [0.15, 0.2) is 0 Å². The lowest BCUT2D eigenvalue weighted by Gasteiger charge is -2.07. The van der Waals surface area contributed by atoms with Crippen LogP contribution in [0.1, 0.15) is 24.7 Å². The van der Waals surface area contributed by atoms with Gasteiger partial charge in [0, 0.05) is 41.1 Å². The molecular weight excluding hydrogens is 506 g/mol. The molecule has 4 aromatic heterocycles. The molecule has 0 amide bonds. The zero-order valence-electron chi connectivity index (χ0n) is 17.8. The van der Waals surface area contributed by atoms with Crippen molar-refractivity contribution in [3.8, 4) is 39.7 Å². The van der Waals surface area contributed by atoms with Crippen LogP contribution in [0.2, 0.25) is 0 Å². The summed E-state index contributed by atoms with van der Waals surface area (Å²) in [6, 6.07) is 8.53. The van der Waals surface area contributed by atoms with Gasteiger partial charge in [0.25, 0.3) is 0 Å². The highest BCUT2D eigenvalue weighted by molar-refractivity contribution is 5.86. The van der Waals surface area contributed by atoms with Crippen LogP contribution in [0.3, 0.4) is 0 Å². The molecule has 0 unspecified atom stereocenters. The average molecular weight is 526 g/mol. The van der Waals surface area contributed by atoms with Gasteiger partial charge in [0.2, 0.25) is 11.7 Å². The van der Waals surface area contributed by atoms with E-state index < -0.39 is 5.82 Å². The average Bonchev–Trinajstić information content (AvgIpc) is 3.18. The van der Waals surface area contributed by atoms with Crippen molar-refractivity contribution in [1.29, 1.82) is 0 Å². The molecule has 0 spiro atoms. The molecule has 1 aromatic carbocycles. The number of methoxy groups -OCH3 is 1. The normalized spacial score (nSPS) is 12.5. The second-order valence-corrected chi connectivity index (χ2v) is 7.51. The zero-order valence-corrected chi connectivity index (χ0v) is 20.2. The molecule has 6 rings (SSSR count). The molecule has 12 heteroatoms. The first-order valence-electron chi connectivity index (χ1n) is 9.90. The fraction of sp³-hybridized carbons (Fsp3) is 0.182. The van der Waals surface area contributed by atoms with Crippen molar-refractivity contribution in [1.82, 2.24) is 29.7 Å². The van der Waals surface area contributed by atoms with Crippen LogP contribution in [0, 0.1) is 5.82 Å². The van der Waals surface area contributed by atoms with Crippen molar-refractivity contribution in [2.45, 2.75) is 18.8 Å². The summed E-state index contributed by atoms with van der Waals surface area (Å²) in [6.07, 6.45) is 7.56. The number of ether oxygens (including phenoxy) is 1. The van der Waals surface area contributed by atoms with Crippen molar-refractivity contribution in [3.63, 3.8) is 0 Å². The van der Waals surface area contributed by atoms with E-state index in [-0.39, 0.29) is 37.2 Å². The van der Waals surface area contributed by atoms with Crippen molar-refractivity contribution >= 4 is 42.9 Å². The van der Waals surface area contributed by atoms with Crippen molar-refractivity contribution in [2.24, 2.45) is 0 Å². The minimum absolute atomic E-state index is 0. The fourth-order valence-corrected chi connectivity index (χ4v) is 3.67. The Morgan fingerprint density at radius 2 is 1.94 bits per heavy atom. The summed E-state index contributed by atoms with van der Waals surface area (Å²) in [5.74, 6) is 1.60. The fourth-order valence-electron chi connectivity index (χ4n) is 3.67. The Kier molecular flexibility index (Phi) is 7.50. The Hall–Kier alpha value is -3.14. The van der Waals surface area contributed by atoms with Gasteiger partial charge in [-0.05, 0) is 37.1 Å². The molecule has 178 valence electrons. The second-order valence-electron chi connectivity index (χ2n) is 7.51. The first-order chi connectivity index (χ1) is 15.2. The Morgan fingerprint density at radius 3 is 2.68 bits per heavy atom. The first-order valence-corrected chi connectivity index (χ1v) is 9.90. The predicted molar refractivity (Wildman–Crippen MR) is 132 cm³/mol. The van der Waals surface area contributed by atoms with E-state index in [2.05, 4.69) is 25.3 Å². The number of aromatic amines is 1. The van der Waals surface area contributed by atoms with Gasteiger partial charge >= 0.3 is 0 Å². The number of aromatic nitrogens is 6. The Morgan fingerprint density at radius 1 is 1.12 bits per heavy atom. The number of pyridine rings is 1. The molecule has 0 atom stereocenters. The van der Waals surface area contributed by atoms with Crippen LogP contribution >= 0.6 is 37.2 Å². The van der Waals surface area contributed by atoms with Gasteiger partial charge in [-0.1, -0.05) is 5.16 Å². The smallest absolute Gasteiger partial charge is 0.230 e. The lowest BCUT2D eigenvalue weighted by Crippen LogP contribution is -1.93. The number of hydrogen-bond donors (Lipinski definition) is 1. The largest absolute Gasteiger partial charge is 0.497 e. The Labute approximate surface area is 212 Å². The van der Waals surface area contributed by atoms with E-state index in [1.807, 2.05) is 22.7 Å². The maximum absolute atomic E-state index is 14.7. The molecule has 1 N–H and O–H groups in total. The maximum atomic E-state index is 14.7. The van der Waals surface area contributed by atoms with Crippen LogP contribution in [0.25, 0.3) is 39.5 Å². The number of imidazole rings is 1. The van der Waals surface area contributed by atoms with Gasteiger partial charge in [-0.25, -0.2) is 9.37 Å². The summed E-state index contributed by atoms with van der Waals surface area (Å²) in [5.41, 5.74) is 3.98. The number of halogens is 4. The van der Waals surface area contributed by atoms with Crippen molar-refractivity contribution in [3.05, 3.63) is 60.6 Å². The molecule has 5 aromatic rings. The lowest BCUT2D eigenvalue weighted by molar-refractivity contribution is 0.380. The topological polar surface area (TPSA) is 94.1 Å². The van der Waals surface area contributed by atoms with E-state index >= 15 is 0 Å². The highest BCUT2D eigenvalue weighted by Gasteiger charge is 2.30. The lowest BCUT2D eigenvalue weighted by atomic mass is 10.0. The van der Waals surface area contributed by atoms with Crippen LogP contribution < -0.4 is 4.74 Å². The number of rotatable bonds is 5. The van der Waals surface area contributed by atoms with Crippen LogP contribution in [-0.4, -0.2) is 36.8 Å². The summed E-state index contributed by atoms with van der Waals surface area (Å²) in [6.45, 7) is 0. The number of nitrogens with zero attached hydrogens (tertiary/aromatic N) is 5. The Balaban J connectivity index is 0.00000108. The number of fused-ring (bicyclic) bond motifs is 1. The van der Waals surface area contributed by atoms with E-state index in [0.29, 0.717) is 34.6 Å². The highest BCUT2D eigenvalue weighted by atomic mass is 35.5. The number of benzene rings is 1. The molecule has 34 heavy (non-hydrogen) atoms. The molecule has 0 bridgehead atoms. The highest BCUT2D eigenvalue weighted by Crippen LogP contribution is 2.39. The molecular formula is C22H20Cl3FN6O2. The molecule has 1 aliphatic carbocycles. The monoisotopic (exact) mass is 524 g/mol. The maximum Gasteiger partial charge on any atom is 0.230 e. The van der Waals surface area contributed by atoms with Crippen LogP contribution in [-0.2, 0) is 0 Å². The summed E-state index contributed by atoms with van der Waals surface area (Å²) in [4.78, 5) is 8.98. The van der Waals surface area contributed by atoms with Gasteiger partial charge in [-0.15, -0.1) is 37.2 Å². The molecule has 4 heterocycles. The molecule has 0 radical (unpaired) electrons. The molecule has 0 aliphatic heterocycles. The third-order valence-electron chi connectivity index (χ3n) is 5.49. The molecule has 8 nitrogen and oxygen atoms in total. The minimum atomic E-state index is -0.406. The predicted octanol–water partition coefficient (Wildman–Crippen LogP) is 5.73. The van der Waals surface area contributed by atoms with E-state index in [1.54, 1.807) is 24.5 Å². The van der Waals surface area contributed by atoms with E-state index in [4.69, 9.17) is 9.26 Å². The number of nitrogens with one attached hydrogen (secondary N) is 1. The number of hydrogen-bond acceptors (Lipinski definition) is 6. The standard InChI is InChI=1S/C22H17FN6O2.3ClH/c1-30-14-5-6-15(17(23)8-14)20-16(9-25-27-20)13-4-7-19-24-10-18(29(19)11-13)21-26-22(31-28-21)12-2-3-12;;;/h4-12H,2-3H2,1H3,(H,25,27);3*1H. The van der Waals surface area contributed by atoms with Crippen molar-refractivity contribution < 1.29 is 13.7 Å². The van der Waals surface area contributed by atoms with Gasteiger partial charge < -0.3 is 9.26 Å².